The van der Waals surface area contributed by atoms with Gasteiger partial charge in [-0.2, -0.15) is 0 Å². The number of amides is 1. The lowest BCUT2D eigenvalue weighted by molar-refractivity contribution is -0.385. The summed E-state index contributed by atoms with van der Waals surface area (Å²) in [6, 6.07) is 9.83. The van der Waals surface area contributed by atoms with E-state index in [4.69, 9.17) is 9.47 Å². The maximum Gasteiger partial charge on any atom is 0.272 e. The van der Waals surface area contributed by atoms with Crippen LogP contribution in [-0.2, 0) is 0 Å². The molecule has 8 nitrogen and oxygen atoms in total. The fraction of sp³-hybridized carbons (Fsp3) is 0.200. The zero-order chi connectivity index (χ0) is 21.0. The first-order valence-corrected chi connectivity index (χ1v) is 9.64. The molecule has 2 aromatic carbocycles. The number of thiazole rings is 1. The second kappa shape index (κ2) is 8.70. The fourth-order valence-electron chi connectivity index (χ4n) is 2.68. The molecule has 0 bridgehead atoms. The molecule has 3 rings (SSSR count). The van der Waals surface area contributed by atoms with Crippen molar-refractivity contribution < 1.29 is 19.2 Å². The molecule has 0 saturated carbocycles. The molecule has 150 valence electrons. The first kappa shape index (κ1) is 20.3. The van der Waals surface area contributed by atoms with Crippen molar-refractivity contribution in [2.75, 3.05) is 19.0 Å². The molecule has 0 atom stereocenters. The van der Waals surface area contributed by atoms with Crippen LogP contribution >= 0.6 is 11.3 Å². The Balaban J connectivity index is 1.79. The summed E-state index contributed by atoms with van der Waals surface area (Å²) in [6.07, 6.45) is 0. The Kier molecular flexibility index (Phi) is 6.08. The van der Waals surface area contributed by atoms with Gasteiger partial charge in [-0.05, 0) is 32.0 Å². The molecule has 0 radical (unpaired) electrons. The molecule has 9 heteroatoms. The number of methoxy groups -OCH3 is 1. The Labute approximate surface area is 171 Å². The molecule has 1 N–H and O–H groups in total. The van der Waals surface area contributed by atoms with Crippen LogP contribution in [0.25, 0.3) is 11.3 Å². The van der Waals surface area contributed by atoms with Crippen LogP contribution in [0.1, 0.15) is 22.8 Å². The van der Waals surface area contributed by atoms with Crippen LogP contribution in [0, 0.1) is 17.0 Å². The number of carbonyl (C=O) groups excluding carboxylic acids is 1. The molecular formula is C20H19N3O5S. The van der Waals surface area contributed by atoms with Crippen molar-refractivity contribution in [1.29, 1.82) is 0 Å². The largest absolute Gasteiger partial charge is 0.493 e. The van der Waals surface area contributed by atoms with Gasteiger partial charge in [0.05, 0.1) is 24.3 Å². The lowest BCUT2D eigenvalue weighted by atomic mass is 10.1. The number of nitrogens with zero attached hydrogens (tertiary/aromatic N) is 2. The molecule has 29 heavy (non-hydrogen) atoms. The summed E-state index contributed by atoms with van der Waals surface area (Å²) in [7, 11) is 1.51. The van der Waals surface area contributed by atoms with Crippen LogP contribution < -0.4 is 14.8 Å². The van der Waals surface area contributed by atoms with Gasteiger partial charge >= 0.3 is 0 Å². The number of rotatable bonds is 7. The van der Waals surface area contributed by atoms with Gasteiger partial charge in [-0.1, -0.05) is 12.1 Å². The molecule has 0 unspecified atom stereocenters. The lowest BCUT2D eigenvalue weighted by Gasteiger charge is -2.10. The Hall–Kier alpha value is -3.46. The number of aryl methyl sites for hydroxylation is 1. The smallest absolute Gasteiger partial charge is 0.272 e. The average Bonchev–Trinajstić information content (AvgIpc) is 3.17. The van der Waals surface area contributed by atoms with Crippen molar-refractivity contribution in [3.63, 3.8) is 0 Å². The Morgan fingerprint density at radius 3 is 2.72 bits per heavy atom. The van der Waals surface area contributed by atoms with Gasteiger partial charge in [-0.15, -0.1) is 11.3 Å². The van der Waals surface area contributed by atoms with E-state index in [0.717, 1.165) is 0 Å². The van der Waals surface area contributed by atoms with Crippen molar-refractivity contribution in [3.05, 3.63) is 63.0 Å². The number of anilines is 1. The number of nitro groups is 1. The molecule has 1 amide bonds. The number of hydrogen-bond acceptors (Lipinski definition) is 7. The third-order valence-corrected chi connectivity index (χ3v) is 4.91. The van der Waals surface area contributed by atoms with Crippen LogP contribution in [0.2, 0.25) is 0 Å². The van der Waals surface area contributed by atoms with Crippen LogP contribution in [0.15, 0.2) is 41.8 Å². The molecule has 0 aliphatic carbocycles. The highest BCUT2D eigenvalue weighted by atomic mass is 32.1. The van der Waals surface area contributed by atoms with E-state index in [0.29, 0.717) is 45.6 Å². The van der Waals surface area contributed by atoms with E-state index in [-0.39, 0.29) is 11.6 Å². The average molecular weight is 413 g/mol. The normalized spacial score (nSPS) is 10.4. The highest BCUT2D eigenvalue weighted by Gasteiger charge is 2.16. The quantitative estimate of drug-likeness (QED) is 0.445. The van der Waals surface area contributed by atoms with E-state index in [1.54, 1.807) is 42.6 Å². The molecule has 3 aromatic rings. The van der Waals surface area contributed by atoms with Gasteiger partial charge in [0.1, 0.15) is 0 Å². The third-order valence-electron chi connectivity index (χ3n) is 4.15. The topological polar surface area (TPSA) is 104 Å². The molecule has 0 aliphatic rings. The number of hydrogen-bond donors (Lipinski definition) is 1. The predicted octanol–water partition coefficient (Wildman–Crippen LogP) is 4.69. The molecule has 0 spiro atoms. The minimum Gasteiger partial charge on any atom is -0.493 e. The van der Waals surface area contributed by atoms with Crippen molar-refractivity contribution >= 4 is 28.1 Å². The Morgan fingerprint density at radius 1 is 1.24 bits per heavy atom. The van der Waals surface area contributed by atoms with Crippen LogP contribution in [0.4, 0.5) is 10.8 Å². The van der Waals surface area contributed by atoms with Crippen molar-refractivity contribution in [2.45, 2.75) is 13.8 Å². The summed E-state index contributed by atoms with van der Waals surface area (Å²) in [4.78, 5) is 27.6. The summed E-state index contributed by atoms with van der Waals surface area (Å²) < 4.78 is 10.7. The molecule has 0 aliphatic heterocycles. The minimum absolute atomic E-state index is 0.0302. The molecular weight excluding hydrogens is 394 g/mol. The summed E-state index contributed by atoms with van der Waals surface area (Å²) in [6.45, 7) is 4.03. The Bertz CT molecular complexity index is 1060. The number of benzene rings is 2. The van der Waals surface area contributed by atoms with Crippen molar-refractivity contribution in [1.82, 2.24) is 4.98 Å². The van der Waals surface area contributed by atoms with Gasteiger partial charge in [-0.3, -0.25) is 20.2 Å². The SMILES string of the molecule is CCOc1ccc(C(=O)Nc2nc(-c3ccc(C)c([N+](=O)[O-])c3)cs2)cc1OC. The van der Waals surface area contributed by atoms with Gasteiger partial charge in [-0.25, -0.2) is 4.98 Å². The van der Waals surface area contributed by atoms with E-state index in [1.165, 1.54) is 24.5 Å². The fourth-order valence-corrected chi connectivity index (χ4v) is 3.40. The maximum atomic E-state index is 12.6. The molecule has 1 aromatic heterocycles. The van der Waals surface area contributed by atoms with Crippen molar-refractivity contribution in [3.8, 4) is 22.8 Å². The Morgan fingerprint density at radius 2 is 2.03 bits per heavy atom. The van der Waals surface area contributed by atoms with Gasteiger partial charge in [0, 0.05) is 28.1 Å². The first-order valence-electron chi connectivity index (χ1n) is 8.76. The van der Waals surface area contributed by atoms with Gasteiger partial charge in [0.25, 0.3) is 11.6 Å². The minimum atomic E-state index is -0.423. The van der Waals surface area contributed by atoms with E-state index in [1.807, 2.05) is 6.92 Å². The molecule has 0 saturated heterocycles. The van der Waals surface area contributed by atoms with E-state index in [2.05, 4.69) is 10.3 Å². The zero-order valence-corrected chi connectivity index (χ0v) is 16.9. The maximum absolute atomic E-state index is 12.6. The molecule has 1 heterocycles. The number of aromatic nitrogens is 1. The van der Waals surface area contributed by atoms with E-state index in [9.17, 15) is 14.9 Å². The third kappa shape index (κ3) is 4.52. The second-order valence-corrected chi connectivity index (χ2v) is 6.91. The van der Waals surface area contributed by atoms with Crippen LogP contribution in [-0.4, -0.2) is 29.5 Å². The predicted molar refractivity (Wildman–Crippen MR) is 111 cm³/mol. The van der Waals surface area contributed by atoms with Crippen LogP contribution in [0.3, 0.4) is 0 Å². The number of nitro benzene ring substituents is 1. The monoisotopic (exact) mass is 413 g/mol. The lowest BCUT2D eigenvalue weighted by Crippen LogP contribution is -2.12. The van der Waals surface area contributed by atoms with Gasteiger partial charge in [0.2, 0.25) is 0 Å². The van der Waals surface area contributed by atoms with E-state index >= 15 is 0 Å². The van der Waals surface area contributed by atoms with Crippen LogP contribution in [0.5, 0.6) is 11.5 Å². The van der Waals surface area contributed by atoms with Gasteiger partial charge in [0.15, 0.2) is 16.6 Å². The first-order chi connectivity index (χ1) is 13.9. The summed E-state index contributed by atoms with van der Waals surface area (Å²) in [5.74, 6) is 0.678. The zero-order valence-electron chi connectivity index (χ0n) is 16.1. The number of ether oxygens (including phenoxy) is 2. The summed E-state index contributed by atoms with van der Waals surface area (Å²) in [5.41, 5.74) is 2.17. The number of carbonyl (C=O) groups is 1. The summed E-state index contributed by atoms with van der Waals surface area (Å²) >= 11 is 1.24. The highest BCUT2D eigenvalue weighted by Crippen LogP contribution is 2.31. The number of nitrogens with one attached hydrogen (secondary N) is 1. The van der Waals surface area contributed by atoms with Crippen molar-refractivity contribution in [2.24, 2.45) is 0 Å². The standard InChI is InChI=1S/C20H19N3O5S/c1-4-28-17-8-7-14(10-18(17)27-3)19(24)22-20-21-15(11-29-20)13-6-5-12(2)16(9-13)23(25)26/h5-11H,4H2,1-3H3,(H,21,22,24). The van der Waals surface area contributed by atoms with E-state index < -0.39 is 4.92 Å². The molecule has 0 fully saturated rings. The highest BCUT2D eigenvalue weighted by molar-refractivity contribution is 7.14. The summed E-state index contributed by atoms with van der Waals surface area (Å²) in [5, 5.41) is 16.0. The second-order valence-electron chi connectivity index (χ2n) is 6.05. The van der Waals surface area contributed by atoms with Gasteiger partial charge < -0.3 is 9.47 Å².